The van der Waals surface area contributed by atoms with Crippen molar-refractivity contribution in [2.24, 2.45) is 0 Å². The summed E-state index contributed by atoms with van der Waals surface area (Å²) in [6.07, 6.45) is 0. The number of hydrogen-bond donors (Lipinski definition) is 2. The molecule has 0 radical (unpaired) electrons. The van der Waals surface area contributed by atoms with Crippen LogP contribution in [0.4, 0.5) is 5.69 Å². The van der Waals surface area contributed by atoms with E-state index in [-0.39, 0.29) is 19.3 Å². The first-order valence-corrected chi connectivity index (χ1v) is 8.59. The molecule has 0 spiro atoms. The normalized spacial score (nSPS) is 12.4. The number of nitrogens with one attached hydrogen (secondary N) is 2. The van der Waals surface area contributed by atoms with Crippen molar-refractivity contribution in [3.05, 3.63) is 60.7 Å². The molecular formula is C21H16N2O4. The predicted octanol–water partition coefficient (Wildman–Crippen LogP) is 4.07. The van der Waals surface area contributed by atoms with E-state index in [0.29, 0.717) is 22.9 Å². The molecule has 1 aliphatic heterocycles. The maximum Gasteiger partial charge on any atom is 0.262 e. The fourth-order valence-corrected chi connectivity index (χ4v) is 3.24. The van der Waals surface area contributed by atoms with Crippen LogP contribution in [0.15, 0.2) is 60.7 Å². The molecular weight excluding hydrogens is 344 g/mol. The van der Waals surface area contributed by atoms with Crippen molar-refractivity contribution < 1.29 is 19.0 Å². The van der Waals surface area contributed by atoms with Gasteiger partial charge in [-0.3, -0.25) is 4.79 Å². The number of ether oxygens (including phenoxy) is 3. The lowest BCUT2D eigenvalue weighted by Gasteiger charge is -2.08. The fraction of sp³-hybridized carbons (Fsp3) is 0.0952. The number of aromatic nitrogens is 1. The van der Waals surface area contributed by atoms with Crippen molar-refractivity contribution in [1.29, 1.82) is 0 Å². The number of carbonyl (C=O) groups excluding carboxylic acids is 1. The summed E-state index contributed by atoms with van der Waals surface area (Å²) in [6.45, 7) is 0.117. The van der Waals surface area contributed by atoms with Crippen LogP contribution in [-0.2, 0) is 4.79 Å². The van der Waals surface area contributed by atoms with E-state index < -0.39 is 0 Å². The zero-order valence-electron chi connectivity index (χ0n) is 14.3. The van der Waals surface area contributed by atoms with Gasteiger partial charge in [-0.05, 0) is 30.3 Å². The van der Waals surface area contributed by atoms with Crippen molar-refractivity contribution in [1.82, 2.24) is 4.98 Å². The summed E-state index contributed by atoms with van der Waals surface area (Å²) in [5.74, 6) is 1.69. The van der Waals surface area contributed by atoms with Crippen molar-refractivity contribution in [3.8, 4) is 17.2 Å². The molecule has 1 aromatic heterocycles. The third kappa shape index (κ3) is 2.91. The highest BCUT2D eigenvalue weighted by atomic mass is 16.7. The van der Waals surface area contributed by atoms with Crippen molar-refractivity contribution >= 4 is 33.4 Å². The first-order chi connectivity index (χ1) is 13.3. The van der Waals surface area contributed by atoms with Crippen LogP contribution in [0, 0.1) is 0 Å². The van der Waals surface area contributed by atoms with Gasteiger partial charge in [0.2, 0.25) is 6.79 Å². The Morgan fingerprint density at radius 3 is 2.78 bits per heavy atom. The molecule has 1 aliphatic rings. The smallest absolute Gasteiger partial charge is 0.262 e. The molecule has 0 saturated carbocycles. The van der Waals surface area contributed by atoms with Crippen LogP contribution in [0.5, 0.6) is 17.2 Å². The lowest BCUT2D eigenvalue weighted by molar-refractivity contribution is -0.118. The molecule has 6 heteroatoms. The summed E-state index contributed by atoms with van der Waals surface area (Å²) < 4.78 is 16.2. The maximum atomic E-state index is 12.2. The second-order valence-corrected chi connectivity index (χ2v) is 6.28. The summed E-state index contributed by atoms with van der Waals surface area (Å²) in [7, 11) is 0. The van der Waals surface area contributed by atoms with Crippen molar-refractivity contribution in [3.63, 3.8) is 0 Å². The summed E-state index contributed by atoms with van der Waals surface area (Å²) in [6, 6.07) is 19.2. The lowest BCUT2D eigenvalue weighted by Crippen LogP contribution is -2.20. The van der Waals surface area contributed by atoms with E-state index in [4.69, 9.17) is 14.2 Å². The van der Waals surface area contributed by atoms with E-state index in [0.717, 1.165) is 16.4 Å². The van der Waals surface area contributed by atoms with Gasteiger partial charge in [-0.25, -0.2) is 0 Å². The largest absolute Gasteiger partial charge is 0.484 e. The third-order valence-corrected chi connectivity index (χ3v) is 4.50. The molecule has 27 heavy (non-hydrogen) atoms. The van der Waals surface area contributed by atoms with Crippen LogP contribution in [0.3, 0.4) is 0 Å². The van der Waals surface area contributed by atoms with Gasteiger partial charge in [-0.15, -0.1) is 0 Å². The minimum atomic E-state index is -0.245. The Balaban J connectivity index is 1.28. The summed E-state index contributed by atoms with van der Waals surface area (Å²) in [5, 5.41) is 5.09. The quantitative estimate of drug-likeness (QED) is 0.575. The first-order valence-electron chi connectivity index (χ1n) is 8.59. The molecule has 3 aromatic carbocycles. The minimum absolute atomic E-state index is 0.0832. The molecule has 0 aliphatic carbocycles. The second kappa shape index (κ2) is 6.25. The highest BCUT2D eigenvalue weighted by molar-refractivity contribution is 6.07. The monoisotopic (exact) mass is 360 g/mol. The number of carbonyl (C=O) groups is 1. The van der Waals surface area contributed by atoms with Gasteiger partial charge in [0, 0.05) is 34.1 Å². The van der Waals surface area contributed by atoms with E-state index in [1.165, 1.54) is 5.39 Å². The van der Waals surface area contributed by atoms with E-state index in [2.05, 4.69) is 16.4 Å². The number of aromatic amines is 1. The van der Waals surface area contributed by atoms with E-state index in [1.54, 1.807) is 18.2 Å². The third-order valence-electron chi connectivity index (χ3n) is 4.50. The number of amides is 1. The Labute approximate surface area is 154 Å². The summed E-state index contributed by atoms with van der Waals surface area (Å²) in [4.78, 5) is 15.5. The van der Waals surface area contributed by atoms with Gasteiger partial charge in [0.05, 0.1) is 5.52 Å². The second-order valence-electron chi connectivity index (χ2n) is 6.28. The fourth-order valence-electron chi connectivity index (χ4n) is 3.24. The Bertz CT molecular complexity index is 1170. The number of para-hydroxylation sites is 1. The maximum absolute atomic E-state index is 12.2. The van der Waals surface area contributed by atoms with Gasteiger partial charge in [-0.1, -0.05) is 18.2 Å². The Morgan fingerprint density at radius 2 is 1.81 bits per heavy atom. The number of anilines is 1. The Kier molecular flexibility index (Phi) is 3.60. The molecule has 0 atom stereocenters. The zero-order chi connectivity index (χ0) is 18.2. The molecule has 134 valence electrons. The van der Waals surface area contributed by atoms with Gasteiger partial charge in [0.1, 0.15) is 5.75 Å². The topological polar surface area (TPSA) is 72.6 Å². The Morgan fingerprint density at radius 1 is 0.963 bits per heavy atom. The van der Waals surface area contributed by atoms with Gasteiger partial charge in [0.25, 0.3) is 5.91 Å². The summed E-state index contributed by atoms with van der Waals surface area (Å²) >= 11 is 0. The summed E-state index contributed by atoms with van der Waals surface area (Å²) in [5.41, 5.74) is 2.69. The van der Waals surface area contributed by atoms with Crippen molar-refractivity contribution in [2.75, 3.05) is 18.7 Å². The van der Waals surface area contributed by atoms with Crippen LogP contribution >= 0.6 is 0 Å². The van der Waals surface area contributed by atoms with E-state index in [9.17, 15) is 4.79 Å². The minimum Gasteiger partial charge on any atom is -0.484 e. The van der Waals surface area contributed by atoms with Gasteiger partial charge >= 0.3 is 0 Å². The van der Waals surface area contributed by atoms with Gasteiger partial charge in [-0.2, -0.15) is 0 Å². The molecule has 4 aromatic rings. The average molecular weight is 360 g/mol. The number of benzene rings is 3. The van der Waals surface area contributed by atoms with Crippen LogP contribution in [0.25, 0.3) is 21.8 Å². The van der Waals surface area contributed by atoms with Crippen LogP contribution in [0.2, 0.25) is 0 Å². The molecule has 1 amide bonds. The molecule has 2 heterocycles. The van der Waals surface area contributed by atoms with Crippen LogP contribution in [-0.4, -0.2) is 24.3 Å². The van der Waals surface area contributed by atoms with Gasteiger partial charge < -0.3 is 24.5 Å². The molecule has 6 nitrogen and oxygen atoms in total. The number of rotatable bonds is 4. The molecule has 0 bridgehead atoms. The highest BCUT2D eigenvalue weighted by Gasteiger charge is 2.14. The van der Waals surface area contributed by atoms with Crippen molar-refractivity contribution in [2.45, 2.75) is 0 Å². The predicted molar refractivity (Wildman–Crippen MR) is 102 cm³/mol. The van der Waals surface area contributed by atoms with E-state index >= 15 is 0 Å². The molecule has 2 N–H and O–H groups in total. The first kappa shape index (κ1) is 15.6. The van der Waals surface area contributed by atoms with E-state index in [1.807, 2.05) is 36.4 Å². The number of H-pyrrole nitrogens is 1. The number of fused-ring (bicyclic) bond motifs is 4. The van der Waals surface area contributed by atoms with Gasteiger partial charge in [0.15, 0.2) is 18.1 Å². The average Bonchev–Trinajstić information content (AvgIpc) is 3.29. The zero-order valence-corrected chi connectivity index (χ0v) is 14.3. The standard InChI is InChI=1S/C21H16N2O4/c24-21(22-13-5-8-19-20(9-13)27-12-26-19)11-25-14-6-7-16-15-3-1-2-4-17(15)23-18(16)10-14/h1-10,23H,11-12H2,(H,22,24). The number of hydrogen-bond acceptors (Lipinski definition) is 4. The molecule has 5 rings (SSSR count). The van der Waals surface area contributed by atoms with Crippen LogP contribution in [0.1, 0.15) is 0 Å². The highest BCUT2D eigenvalue weighted by Crippen LogP contribution is 2.34. The lowest BCUT2D eigenvalue weighted by atomic mass is 10.1. The molecule has 0 fully saturated rings. The SMILES string of the molecule is O=C(COc1ccc2c(c1)[nH]c1ccccc12)Nc1ccc2c(c1)OCO2. The van der Waals surface area contributed by atoms with Crippen LogP contribution < -0.4 is 19.5 Å². The molecule has 0 saturated heterocycles. The molecule has 0 unspecified atom stereocenters. The Hall–Kier alpha value is -3.67.